The smallest absolute Gasteiger partial charge is 0.254 e. The maximum atomic E-state index is 6.12. The standard InChI is InChI=1S/C9H14N2O2/c1-8(2)5-9(8,10)6-4-7(12-3)11-13-6/h4H,5,10H2,1-3H3. The van der Waals surface area contributed by atoms with Crippen LogP contribution in [0.1, 0.15) is 26.0 Å². The van der Waals surface area contributed by atoms with Gasteiger partial charge in [0.2, 0.25) is 0 Å². The van der Waals surface area contributed by atoms with Crippen LogP contribution >= 0.6 is 0 Å². The van der Waals surface area contributed by atoms with Crippen molar-refractivity contribution in [3.8, 4) is 5.88 Å². The van der Waals surface area contributed by atoms with E-state index in [4.69, 9.17) is 15.0 Å². The van der Waals surface area contributed by atoms with Crippen LogP contribution in [0.15, 0.2) is 10.6 Å². The summed E-state index contributed by atoms with van der Waals surface area (Å²) in [5.74, 6) is 1.21. The van der Waals surface area contributed by atoms with E-state index in [1.807, 2.05) is 0 Å². The number of nitrogens with two attached hydrogens (primary N) is 1. The van der Waals surface area contributed by atoms with Gasteiger partial charge in [-0.25, -0.2) is 0 Å². The molecular formula is C9H14N2O2. The lowest BCUT2D eigenvalue weighted by Crippen LogP contribution is -2.24. The predicted molar refractivity (Wildman–Crippen MR) is 47.3 cm³/mol. The van der Waals surface area contributed by atoms with Crippen molar-refractivity contribution in [3.63, 3.8) is 0 Å². The SMILES string of the molecule is COc1cc(C2(N)CC2(C)C)on1. The zero-order valence-corrected chi connectivity index (χ0v) is 8.13. The molecule has 1 atom stereocenters. The van der Waals surface area contributed by atoms with E-state index in [2.05, 4.69) is 19.0 Å². The third-order valence-electron chi connectivity index (χ3n) is 2.94. The van der Waals surface area contributed by atoms with Crippen LogP contribution < -0.4 is 10.5 Å². The van der Waals surface area contributed by atoms with Gasteiger partial charge in [-0.05, 0) is 17.0 Å². The molecule has 1 aliphatic rings. The Labute approximate surface area is 77.0 Å². The Bertz CT molecular complexity index is 332. The van der Waals surface area contributed by atoms with Crippen LogP contribution in [0.5, 0.6) is 5.88 Å². The van der Waals surface area contributed by atoms with E-state index in [9.17, 15) is 0 Å². The van der Waals surface area contributed by atoms with Crippen molar-refractivity contribution in [1.29, 1.82) is 0 Å². The average Bonchev–Trinajstić information content (AvgIpc) is 2.53. The van der Waals surface area contributed by atoms with Gasteiger partial charge >= 0.3 is 0 Å². The van der Waals surface area contributed by atoms with Gasteiger partial charge in [0.25, 0.3) is 5.88 Å². The first-order valence-corrected chi connectivity index (χ1v) is 4.30. The number of rotatable bonds is 2. The first kappa shape index (κ1) is 8.56. The van der Waals surface area contributed by atoms with E-state index in [1.165, 1.54) is 0 Å². The molecule has 0 spiro atoms. The van der Waals surface area contributed by atoms with E-state index in [0.717, 1.165) is 6.42 Å². The lowest BCUT2D eigenvalue weighted by atomic mass is 10.0. The van der Waals surface area contributed by atoms with Gasteiger partial charge in [-0.2, -0.15) is 0 Å². The molecule has 72 valence electrons. The highest BCUT2D eigenvalue weighted by Gasteiger charge is 2.62. The molecular weight excluding hydrogens is 168 g/mol. The van der Waals surface area contributed by atoms with Crippen molar-refractivity contribution in [1.82, 2.24) is 5.16 Å². The second-order valence-electron chi connectivity index (χ2n) is 4.27. The molecule has 0 radical (unpaired) electrons. The molecule has 2 N–H and O–H groups in total. The summed E-state index contributed by atoms with van der Waals surface area (Å²) in [6.07, 6.45) is 0.929. The minimum absolute atomic E-state index is 0.109. The number of hydrogen-bond acceptors (Lipinski definition) is 4. The molecule has 0 saturated heterocycles. The van der Waals surface area contributed by atoms with Crippen molar-refractivity contribution in [3.05, 3.63) is 11.8 Å². The molecule has 0 bridgehead atoms. The van der Waals surface area contributed by atoms with E-state index >= 15 is 0 Å². The van der Waals surface area contributed by atoms with Gasteiger partial charge in [0.15, 0.2) is 5.76 Å². The topological polar surface area (TPSA) is 61.3 Å². The highest BCUT2D eigenvalue weighted by molar-refractivity contribution is 5.29. The zero-order valence-electron chi connectivity index (χ0n) is 8.13. The summed E-state index contributed by atoms with van der Waals surface area (Å²) in [4.78, 5) is 0. The Hall–Kier alpha value is -1.03. The van der Waals surface area contributed by atoms with Crippen LogP contribution in [0, 0.1) is 5.41 Å². The first-order chi connectivity index (χ1) is 5.99. The molecule has 2 rings (SSSR count). The molecule has 4 heteroatoms. The molecule has 1 unspecified atom stereocenters. The monoisotopic (exact) mass is 182 g/mol. The molecule has 0 aromatic carbocycles. The number of ether oxygens (including phenoxy) is 1. The first-order valence-electron chi connectivity index (χ1n) is 4.30. The Morgan fingerprint density at radius 1 is 1.62 bits per heavy atom. The molecule has 1 aromatic rings. The largest absolute Gasteiger partial charge is 0.479 e. The third kappa shape index (κ3) is 1.05. The Morgan fingerprint density at radius 3 is 2.62 bits per heavy atom. The quantitative estimate of drug-likeness (QED) is 0.748. The Balaban J connectivity index is 2.28. The highest BCUT2D eigenvalue weighted by Crippen LogP contribution is 2.60. The van der Waals surface area contributed by atoms with Crippen LogP contribution in [-0.2, 0) is 5.54 Å². The number of methoxy groups -OCH3 is 1. The average molecular weight is 182 g/mol. The normalized spacial score (nSPS) is 30.2. The van der Waals surface area contributed by atoms with Crippen molar-refractivity contribution in [2.45, 2.75) is 25.8 Å². The molecule has 13 heavy (non-hydrogen) atoms. The molecule has 1 aliphatic carbocycles. The van der Waals surface area contributed by atoms with Crippen LogP contribution in [0.25, 0.3) is 0 Å². The molecule has 1 saturated carbocycles. The number of nitrogens with zero attached hydrogens (tertiary/aromatic N) is 1. The fraction of sp³-hybridized carbons (Fsp3) is 0.667. The van der Waals surface area contributed by atoms with Gasteiger partial charge in [-0.1, -0.05) is 13.8 Å². The van der Waals surface area contributed by atoms with E-state index in [-0.39, 0.29) is 11.0 Å². The van der Waals surface area contributed by atoms with Gasteiger partial charge < -0.3 is 15.0 Å². The third-order valence-corrected chi connectivity index (χ3v) is 2.94. The molecule has 0 aliphatic heterocycles. The second-order valence-corrected chi connectivity index (χ2v) is 4.27. The minimum atomic E-state index is -0.350. The molecule has 1 heterocycles. The molecule has 0 amide bonds. The Morgan fingerprint density at radius 2 is 2.23 bits per heavy atom. The molecule has 4 nitrogen and oxygen atoms in total. The summed E-state index contributed by atoms with van der Waals surface area (Å²) >= 11 is 0. The van der Waals surface area contributed by atoms with Crippen LogP contribution in [0.2, 0.25) is 0 Å². The van der Waals surface area contributed by atoms with Crippen molar-refractivity contribution in [2.24, 2.45) is 11.1 Å². The van der Waals surface area contributed by atoms with Gasteiger partial charge in [-0.15, -0.1) is 0 Å². The lowest BCUT2D eigenvalue weighted by Gasteiger charge is -2.09. The van der Waals surface area contributed by atoms with E-state index < -0.39 is 0 Å². The predicted octanol–water partition coefficient (Wildman–Crippen LogP) is 1.27. The summed E-state index contributed by atoms with van der Waals surface area (Å²) in [6, 6.07) is 1.76. The van der Waals surface area contributed by atoms with Gasteiger partial charge in [-0.3, -0.25) is 0 Å². The number of hydrogen-bond donors (Lipinski definition) is 1. The summed E-state index contributed by atoms with van der Waals surface area (Å²) in [6.45, 7) is 4.23. The maximum absolute atomic E-state index is 6.12. The summed E-state index contributed by atoms with van der Waals surface area (Å²) < 4.78 is 10.0. The second kappa shape index (κ2) is 2.26. The van der Waals surface area contributed by atoms with E-state index in [1.54, 1.807) is 13.2 Å². The van der Waals surface area contributed by atoms with Crippen molar-refractivity contribution >= 4 is 0 Å². The van der Waals surface area contributed by atoms with Crippen molar-refractivity contribution in [2.75, 3.05) is 7.11 Å². The zero-order chi connectivity index (χ0) is 9.69. The molecule has 1 fully saturated rings. The minimum Gasteiger partial charge on any atom is -0.479 e. The maximum Gasteiger partial charge on any atom is 0.254 e. The van der Waals surface area contributed by atoms with Gasteiger partial charge in [0.1, 0.15) is 0 Å². The van der Waals surface area contributed by atoms with Crippen LogP contribution in [-0.4, -0.2) is 12.3 Å². The molecule has 1 aromatic heterocycles. The van der Waals surface area contributed by atoms with Gasteiger partial charge in [0, 0.05) is 6.07 Å². The highest BCUT2D eigenvalue weighted by atomic mass is 16.5. The van der Waals surface area contributed by atoms with Gasteiger partial charge in [0.05, 0.1) is 12.6 Å². The summed E-state index contributed by atoms with van der Waals surface area (Å²) in [5.41, 5.74) is 5.88. The summed E-state index contributed by atoms with van der Waals surface area (Å²) in [7, 11) is 1.56. The van der Waals surface area contributed by atoms with E-state index in [0.29, 0.717) is 11.6 Å². The number of aromatic nitrogens is 1. The van der Waals surface area contributed by atoms with Crippen molar-refractivity contribution < 1.29 is 9.26 Å². The van der Waals surface area contributed by atoms with Crippen LogP contribution in [0.3, 0.4) is 0 Å². The fourth-order valence-electron chi connectivity index (χ4n) is 1.64. The van der Waals surface area contributed by atoms with Crippen LogP contribution in [0.4, 0.5) is 0 Å². The Kier molecular flexibility index (Phi) is 1.49. The lowest BCUT2D eigenvalue weighted by molar-refractivity contribution is 0.302. The summed E-state index contributed by atoms with van der Waals surface area (Å²) in [5, 5.41) is 3.73. The fourth-order valence-corrected chi connectivity index (χ4v) is 1.64.